The fraction of sp³-hybridized carbons (Fsp3) is 0.292. The second-order valence-electron chi connectivity index (χ2n) is 8.21. The Hall–Kier alpha value is -3.32. The molecule has 2 saturated heterocycles. The number of likely N-dealkylation sites (tertiary alicyclic amines) is 1. The van der Waals surface area contributed by atoms with Gasteiger partial charge in [0.1, 0.15) is 11.6 Å². The molecule has 0 radical (unpaired) electrons. The Morgan fingerprint density at radius 3 is 2.77 bits per heavy atom. The van der Waals surface area contributed by atoms with E-state index in [-0.39, 0.29) is 36.2 Å². The highest BCUT2D eigenvalue weighted by molar-refractivity contribution is 5.94. The van der Waals surface area contributed by atoms with E-state index in [1.165, 1.54) is 12.1 Å². The lowest BCUT2D eigenvalue weighted by Crippen LogP contribution is -2.36. The van der Waals surface area contributed by atoms with E-state index in [0.29, 0.717) is 18.7 Å². The van der Waals surface area contributed by atoms with E-state index in [9.17, 15) is 14.3 Å². The Labute approximate surface area is 180 Å². The van der Waals surface area contributed by atoms with Gasteiger partial charge < -0.3 is 14.9 Å². The maximum Gasteiger partial charge on any atom is 0.255 e. The van der Waals surface area contributed by atoms with Crippen molar-refractivity contribution in [2.24, 2.45) is 11.8 Å². The van der Waals surface area contributed by atoms with Crippen molar-refractivity contribution in [2.75, 3.05) is 24.5 Å². The van der Waals surface area contributed by atoms with Gasteiger partial charge in [-0.2, -0.15) is 0 Å². The van der Waals surface area contributed by atoms with Gasteiger partial charge in [-0.15, -0.1) is 0 Å². The van der Waals surface area contributed by atoms with E-state index in [1.807, 2.05) is 17.0 Å². The molecule has 0 aliphatic carbocycles. The summed E-state index contributed by atoms with van der Waals surface area (Å²) in [4.78, 5) is 26.0. The molecular formula is C24H23FN4O2. The number of amides is 1. The number of pyridine rings is 2. The molecule has 2 aromatic heterocycles. The topological polar surface area (TPSA) is 69.6 Å². The van der Waals surface area contributed by atoms with Gasteiger partial charge in [0.05, 0.1) is 18.2 Å². The summed E-state index contributed by atoms with van der Waals surface area (Å²) in [5.74, 6) is 0.838. The lowest BCUT2D eigenvalue weighted by Gasteiger charge is -2.30. The summed E-state index contributed by atoms with van der Waals surface area (Å²) in [5.41, 5.74) is 2.17. The summed E-state index contributed by atoms with van der Waals surface area (Å²) >= 11 is 0. The summed E-state index contributed by atoms with van der Waals surface area (Å²) < 4.78 is 14.1. The lowest BCUT2D eigenvalue weighted by molar-refractivity contribution is 0.0715. The molecule has 7 heteroatoms. The molecule has 0 spiro atoms. The zero-order valence-electron chi connectivity index (χ0n) is 16.9. The van der Waals surface area contributed by atoms with Crippen LogP contribution in [0.25, 0.3) is 0 Å². The molecule has 3 aromatic rings. The van der Waals surface area contributed by atoms with Crippen molar-refractivity contribution in [3.8, 4) is 0 Å². The van der Waals surface area contributed by atoms with Crippen LogP contribution in [-0.4, -0.2) is 45.5 Å². The molecule has 4 heterocycles. The molecule has 2 aliphatic rings. The van der Waals surface area contributed by atoms with Crippen LogP contribution in [0.15, 0.2) is 67.1 Å². The molecule has 1 N–H and O–H groups in total. The van der Waals surface area contributed by atoms with Gasteiger partial charge in [-0.1, -0.05) is 12.1 Å². The maximum absolute atomic E-state index is 14.1. The molecule has 3 atom stereocenters. The van der Waals surface area contributed by atoms with Gasteiger partial charge in [-0.25, -0.2) is 9.37 Å². The Morgan fingerprint density at radius 2 is 2.00 bits per heavy atom. The van der Waals surface area contributed by atoms with E-state index < -0.39 is 0 Å². The average molecular weight is 418 g/mol. The number of hydrogen-bond donors (Lipinski definition) is 1. The molecular weight excluding hydrogens is 395 g/mol. The normalized spacial score (nSPS) is 22.6. The van der Waals surface area contributed by atoms with Crippen LogP contribution in [-0.2, 0) is 6.61 Å². The first-order valence-corrected chi connectivity index (χ1v) is 10.4. The number of carbonyl (C=O) groups is 1. The molecule has 6 nitrogen and oxygen atoms in total. The standard InChI is InChI=1S/C24H23FN4O2/c25-20-5-1-3-17(10-20)23-21-14-28(22-9-16(15-30)6-8-27-22)12-19(21)13-29(23)24(31)18-4-2-7-26-11-18/h1-11,19,21,23,30H,12-15H2/t19-,21-,23+/m0/s1. The minimum absolute atomic E-state index is 0.0322. The highest BCUT2D eigenvalue weighted by Crippen LogP contribution is 2.46. The first-order valence-electron chi connectivity index (χ1n) is 10.4. The van der Waals surface area contributed by atoms with E-state index in [0.717, 1.165) is 23.5 Å². The number of carbonyl (C=O) groups excluding carboxylic acids is 1. The number of fused-ring (bicyclic) bond motifs is 1. The number of hydrogen-bond acceptors (Lipinski definition) is 5. The van der Waals surface area contributed by atoms with Crippen molar-refractivity contribution < 1.29 is 14.3 Å². The largest absolute Gasteiger partial charge is 0.392 e. The number of aliphatic hydroxyl groups excluding tert-OH is 1. The number of nitrogens with zero attached hydrogens (tertiary/aromatic N) is 4. The van der Waals surface area contributed by atoms with Crippen LogP contribution in [0.4, 0.5) is 10.2 Å². The van der Waals surface area contributed by atoms with Gasteiger partial charge in [-0.3, -0.25) is 9.78 Å². The quantitative estimate of drug-likeness (QED) is 0.705. The van der Waals surface area contributed by atoms with Crippen LogP contribution in [0.1, 0.15) is 27.5 Å². The molecule has 2 aliphatic heterocycles. The predicted molar refractivity (Wildman–Crippen MR) is 114 cm³/mol. The molecule has 31 heavy (non-hydrogen) atoms. The zero-order valence-corrected chi connectivity index (χ0v) is 16.9. The molecule has 0 unspecified atom stereocenters. The Kier molecular flexibility index (Phi) is 5.11. The van der Waals surface area contributed by atoms with Crippen LogP contribution in [0.3, 0.4) is 0 Å². The third-order valence-corrected chi connectivity index (χ3v) is 6.34. The van der Waals surface area contributed by atoms with Crippen molar-refractivity contribution >= 4 is 11.7 Å². The SMILES string of the molecule is O=C(c1cccnc1)N1C[C@@H]2CN(c3cc(CO)ccn3)C[C@@H]2[C@H]1c1cccc(F)c1. The van der Waals surface area contributed by atoms with Gasteiger partial charge in [0.25, 0.3) is 5.91 Å². The van der Waals surface area contributed by atoms with Gasteiger partial charge in [0.2, 0.25) is 0 Å². The highest BCUT2D eigenvalue weighted by Gasteiger charge is 2.49. The molecule has 0 saturated carbocycles. The molecule has 2 fully saturated rings. The fourth-order valence-corrected chi connectivity index (χ4v) is 4.95. The maximum atomic E-state index is 14.1. The minimum atomic E-state index is -0.304. The monoisotopic (exact) mass is 418 g/mol. The van der Waals surface area contributed by atoms with Crippen molar-refractivity contribution in [2.45, 2.75) is 12.6 Å². The first-order chi connectivity index (χ1) is 15.1. The van der Waals surface area contributed by atoms with E-state index in [1.54, 1.807) is 42.9 Å². The third-order valence-electron chi connectivity index (χ3n) is 6.34. The van der Waals surface area contributed by atoms with E-state index >= 15 is 0 Å². The summed E-state index contributed by atoms with van der Waals surface area (Å²) in [6.07, 6.45) is 4.93. The summed E-state index contributed by atoms with van der Waals surface area (Å²) in [6.45, 7) is 2.03. The Balaban J connectivity index is 1.47. The number of anilines is 1. The van der Waals surface area contributed by atoms with Crippen LogP contribution >= 0.6 is 0 Å². The minimum Gasteiger partial charge on any atom is -0.392 e. The lowest BCUT2D eigenvalue weighted by atomic mass is 9.89. The molecule has 158 valence electrons. The third kappa shape index (κ3) is 3.65. The summed E-state index contributed by atoms with van der Waals surface area (Å²) in [7, 11) is 0. The van der Waals surface area contributed by atoms with Gasteiger partial charge in [0, 0.05) is 50.1 Å². The zero-order chi connectivity index (χ0) is 21.4. The smallest absolute Gasteiger partial charge is 0.255 e. The van der Waals surface area contributed by atoms with Crippen molar-refractivity contribution in [1.82, 2.24) is 14.9 Å². The number of rotatable bonds is 4. The van der Waals surface area contributed by atoms with E-state index in [4.69, 9.17) is 0 Å². The summed E-state index contributed by atoms with van der Waals surface area (Å²) in [5, 5.41) is 9.46. The molecule has 1 amide bonds. The Morgan fingerprint density at radius 1 is 1.10 bits per heavy atom. The number of benzene rings is 1. The number of aromatic nitrogens is 2. The van der Waals surface area contributed by atoms with Crippen LogP contribution in [0.2, 0.25) is 0 Å². The van der Waals surface area contributed by atoms with Gasteiger partial charge >= 0.3 is 0 Å². The van der Waals surface area contributed by atoms with Gasteiger partial charge in [0.15, 0.2) is 0 Å². The van der Waals surface area contributed by atoms with Crippen molar-refractivity contribution in [3.05, 3.63) is 89.6 Å². The van der Waals surface area contributed by atoms with Crippen LogP contribution < -0.4 is 4.90 Å². The van der Waals surface area contributed by atoms with Crippen LogP contribution in [0, 0.1) is 17.7 Å². The van der Waals surface area contributed by atoms with Crippen LogP contribution in [0.5, 0.6) is 0 Å². The van der Waals surface area contributed by atoms with Gasteiger partial charge in [-0.05, 0) is 47.5 Å². The predicted octanol–water partition coefficient (Wildman–Crippen LogP) is 3.06. The van der Waals surface area contributed by atoms with Crippen molar-refractivity contribution in [1.29, 1.82) is 0 Å². The first kappa shape index (κ1) is 19.6. The molecule has 1 aromatic carbocycles. The average Bonchev–Trinajstić information content (AvgIpc) is 3.37. The summed E-state index contributed by atoms with van der Waals surface area (Å²) in [6, 6.07) is 13.5. The van der Waals surface area contributed by atoms with Crippen molar-refractivity contribution in [3.63, 3.8) is 0 Å². The fourth-order valence-electron chi connectivity index (χ4n) is 4.95. The second-order valence-corrected chi connectivity index (χ2v) is 8.21. The molecule has 0 bridgehead atoms. The number of halogens is 1. The molecule has 5 rings (SSSR count). The Bertz CT molecular complexity index is 1090. The second kappa shape index (κ2) is 8.07. The van der Waals surface area contributed by atoms with E-state index in [2.05, 4.69) is 14.9 Å². The highest BCUT2D eigenvalue weighted by atomic mass is 19.1. The number of aliphatic hydroxyl groups is 1.